The average Bonchev–Trinajstić information content (AvgIpc) is 2.84. The van der Waals surface area contributed by atoms with Crippen LogP contribution in [0.5, 0.6) is 0 Å². The second-order valence-electron chi connectivity index (χ2n) is 6.16. The fraction of sp³-hybridized carbons (Fsp3) is 0.529. The average molecular weight is 351 g/mol. The van der Waals surface area contributed by atoms with E-state index in [0.29, 0.717) is 11.1 Å². The number of hydrogen-bond acceptors (Lipinski definition) is 3. The van der Waals surface area contributed by atoms with Crippen molar-refractivity contribution in [1.29, 1.82) is 0 Å². The van der Waals surface area contributed by atoms with Crippen LogP contribution in [-0.4, -0.2) is 31.8 Å². The molecule has 1 aliphatic rings. The van der Waals surface area contributed by atoms with Crippen LogP contribution < -0.4 is 0 Å². The van der Waals surface area contributed by atoms with Crippen molar-refractivity contribution in [2.45, 2.75) is 45.3 Å². The molecule has 4 nitrogen and oxygen atoms in total. The quantitative estimate of drug-likeness (QED) is 0.760. The fourth-order valence-electron chi connectivity index (χ4n) is 3.34. The molecule has 0 saturated carbocycles. The number of likely N-dealkylation sites (tertiary alicyclic amines) is 1. The molecule has 6 heteroatoms. The summed E-state index contributed by atoms with van der Waals surface area (Å²) < 4.78 is 4.61. The van der Waals surface area contributed by atoms with Crippen molar-refractivity contribution in [3.63, 3.8) is 0 Å². The van der Waals surface area contributed by atoms with E-state index in [1.165, 1.54) is 25.7 Å². The molecule has 124 valence electrons. The summed E-state index contributed by atoms with van der Waals surface area (Å²) in [5.41, 5.74) is 0.923. The zero-order valence-electron chi connectivity index (χ0n) is 13.7. The summed E-state index contributed by atoms with van der Waals surface area (Å²) in [6.07, 6.45) is 5.03. The van der Waals surface area contributed by atoms with Crippen molar-refractivity contribution in [3.05, 3.63) is 34.1 Å². The molecule has 0 bridgehead atoms. The van der Waals surface area contributed by atoms with Crippen molar-refractivity contribution < 1.29 is 0 Å². The van der Waals surface area contributed by atoms with Gasteiger partial charge < -0.3 is 4.57 Å². The van der Waals surface area contributed by atoms with Gasteiger partial charge in [-0.3, -0.25) is 4.90 Å². The van der Waals surface area contributed by atoms with E-state index >= 15 is 0 Å². The third-order valence-corrected chi connectivity index (χ3v) is 5.51. The summed E-state index contributed by atoms with van der Waals surface area (Å²) in [6.45, 7) is 4.14. The maximum absolute atomic E-state index is 6.32. The van der Waals surface area contributed by atoms with E-state index in [-0.39, 0.29) is 0 Å². The van der Waals surface area contributed by atoms with Crippen LogP contribution in [0.2, 0.25) is 5.02 Å². The molecule has 0 unspecified atom stereocenters. The summed E-state index contributed by atoms with van der Waals surface area (Å²) in [4.78, 5) is 2.50. The van der Waals surface area contributed by atoms with Gasteiger partial charge in [0.05, 0.1) is 11.7 Å². The van der Waals surface area contributed by atoms with Crippen LogP contribution in [0.25, 0.3) is 11.4 Å². The van der Waals surface area contributed by atoms with E-state index in [2.05, 4.69) is 11.8 Å². The van der Waals surface area contributed by atoms with Gasteiger partial charge in [-0.15, -0.1) is 0 Å². The van der Waals surface area contributed by atoms with Gasteiger partial charge in [0.15, 0.2) is 10.6 Å². The molecule has 1 aliphatic heterocycles. The first-order chi connectivity index (χ1) is 11.1. The predicted molar refractivity (Wildman–Crippen MR) is 97.1 cm³/mol. The van der Waals surface area contributed by atoms with Crippen LogP contribution in [0.4, 0.5) is 0 Å². The number of hydrogen-bond donors (Lipinski definition) is 0. The Morgan fingerprint density at radius 3 is 2.83 bits per heavy atom. The summed E-state index contributed by atoms with van der Waals surface area (Å²) >= 11 is 11.9. The Morgan fingerprint density at radius 1 is 1.30 bits per heavy atom. The molecule has 3 rings (SSSR count). The Morgan fingerprint density at radius 2 is 2.09 bits per heavy atom. The van der Waals surface area contributed by atoms with Gasteiger partial charge in [0.2, 0.25) is 0 Å². The normalized spacial score (nSPS) is 19.2. The molecule has 0 amide bonds. The molecule has 0 aliphatic carbocycles. The molecule has 2 heterocycles. The Balaban J connectivity index is 1.91. The summed E-state index contributed by atoms with van der Waals surface area (Å²) in [6, 6.07) is 8.41. The minimum absolute atomic E-state index is 0.636. The smallest absolute Gasteiger partial charge is 0.199 e. The monoisotopic (exact) mass is 350 g/mol. The number of aromatic nitrogens is 3. The van der Waals surface area contributed by atoms with Crippen molar-refractivity contribution >= 4 is 23.8 Å². The van der Waals surface area contributed by atoms with Gasteiger partial charge in [-0.25, -0.2) is 4.68 Å². The summed E-state index contributed by atoms with van der Waals surface area (Å²) in [5.74, 6) is 0.825. The van der Waals surface area contributed by atoms with Crippen molar-refractivity contribution in [2.24, 2.45) is 7.05 Å². The van der Waals surface area contributed by atoms with E-state index in [9.17, 15) is 0 Å². The number of rotatable bonds is 4. The Hall–Kier alpha value is -1.17. The molecule has 0 radical (unpaired) electrons. The molecule has 1 fully saturated rings. The van der Waals surface area contributed by atoms with Gasteiger partial charge in [-0.2, -0.15) is 5.10 Å². The lowest BCUT2D eigenvalue weighted by Gasteiger charge is -2.34. The van der Waals surface area contributed by atoms with Crippen molar-refractivity contribution in [2.75, 3.05) is 6.54 Å². The first-order valence-corrected chi connectivity index (χ1v) is 9.03. The minimum atomic E-state index is 0.636. The highest BCUT2D eigenvalue weighted by Crippen LogP contribution is 2.26. The first-order valence-electron chi connectivity index (χ1n) is 8.24. The standard InChI is InChI=1S/C17H23ClN4S/c1-3-13-8-6-7-11-21(13)12-22-17(23)20(2)16(19-22)14-9-4-5-10-15(14)18/h4-5,9-10,13H,3,6-8,11-12H2,1-2H3/t13-/m1/s1. The predicted octanol–water partition coefficient (Wildman–Crippen LogP) is 4.49. The summed E-state index contributed by atoms with van der Waals surface area (Å²) in [7, 11) is 1.96. The lowest BCUT2D eigenvalue weighted by molar-refractivity contribution is 0.100. The Bertz CT molecular complexity index is 736. The fourth-order valence-corrected chi connectivity index (χ4v) is 3.74. The minimum Gasteiger partial charge on any atom is -0.303 e. The Kier molecular flexibility index (Phi) is 5.19. The molecule has 1 aromatic carbocycles. The van der Waals surface area contributed by atoms with Crippen LogP contribution in [-0.2, 0) is 13.7 Å². The van der Waals surface area contributed by atoms with Crippen LogP contribution in [0, 0.1) is 4.77 Å². The lowest BCUT2D eigenvalue weighted by atomic mass is 10.0. The number of piperidine rings is 1. The largest absolute Gasteiger partial charge is 0.303 e. The summed E-state index contributed by atoms with van der Waals surface area (Å²) in [5, 5.41) is 5.45. The van der Waals surface area contributed by atoms with Gasteiger partial charge in [0.25, 0.3) is 0 Å². The number of nitrogens with zero attached hydrogens (tertiary/aromatic N) is 4. The van der Waals surface area contributed by atoms with Crippen LogP contribution >= 0.6 is 23.8 Å². The number of halogens is 1. The maximum atomic E-state index is 6.32. The van der Waals surface area contributed by atoms with Gasteiger partial charge in [-0.1, -0.05) is 37.1 Å². The van der Waals surface area contributed by atoms with E-state index in [4.69, 9.17) is 28.9 Å². The van der Waals surface area contributed by atoms with Gasteiger partial charge in [0.1, 0.15) is 0 Å². The molecule has 23 heavy (non-hydrogen) atoms. The Labute approximate surface area is 147 Å². The van der Waals surface area contributed by atoms with E-state index in [1.54, 1.807) is 0 Å². The van der Waals surface area contributed by atoms with Crippen LogP contribution in [0.15, 0.2) is 24.3 Å². The molecule has 1 aromatic heterocycles. The molecule has 2 aromatic rings. The van der Waals surface area contributed by atoms with Crippen LogP contribution in [0.3, 0.4) is 0 Å². The second kappa shape index (κ2) is 7.16. The van der Waals surface area contributed by atoms with Gasteiger partial charge >= 0.3 is 0 Å². The van der Waals surface area contributed by atoms with Crippen molar-refractivity contribution in [1.82, 2.24) is 19.2 Å². The lowest BCUT2D eigenvalue weighted by Crippen LogP contribution is -2.40. The molecule has 0 N–H and O–H groups in total. The molecule has 1 saturated heterocycles. The SMILES string of the molecule is CC[C@@H]1CCCCN1Cn1nc(-c2ccccc2Cl)n(C)c1=S. The van der Waals surface area contributed by atoms with Gasteiger partial charge in [-0.05, 0) is 43.6 Å². The molecular weight excluding hydrogens is 328 g/mol. The third-order valence-electron chi connectivity index (χ3n) is 4.69. The first kappa shape index (κ1) is 16.7. The van der Waals surface area contributed by atoms with Crippen molar-refractivity contribution in [3.8, 4) is 11.4 Å². The third kappa shape index (κ3) is 3.37. The van der Waals surface area contributed by atoms with Crippen LogP contribution in [0.1, 0.15) is 32.6 Å². The topological polar surface area (TPSA) is 26.0 Å². The van der Waals surface area contributed by atoms with E-state index in [1.807, 2.05) is 40.6 Å². The van der Waals surface area contributed by atoms with Gasteiger partial charge in [0, 0.05) is 25.2 Å². The highest BCUT2D eigenvalue weighted by molar-refractivity contribution is 7.71. The zero-order valence-corrected chi connectivity index (χ0v) is 15.3. The number of benzene rings is 1. The highest BCUT2D eigenvalue weighted by atomic mass is 35.5. The van der Waals surface area contributed by atoms with E-state index in [0.717, 1.165) is 29.4 Å². The molecular formula is C17H23ClN4S. The molecule has 0 spiro atoms. The highest BCUT2D eigenvalue weighted by Gasteiger charge is 2.22. The molecule has 1 atom stereocenters. The van der Waals surface area contributed by atoms with E-state index < -0.39 is 0 Å². The second-order valence-corrected chi connectivity index (χ2v) is 6.93. The zero-order chi connectivity index (χ0) is 16.4. The maximum Gasteiger partial charge on any atom is 0.199 e.